The quantitative estimate of drug-likeness (QED) is 0.478. The third kappa shape index (κ3) is 4.00. The summed E-state index contributed by atoms with van der Waals surface area (Å²) in [6, 6.07) is 5.93. The molecule has 144 valence electrons. The van der Waals surface area contributed by atoms with Crippen molar-refractivity contribution in [1.82, 2.24) is 9.47 Å². The van der Waals surface area contributed by atoms with E-state index in [-0.39, 0.29) is 23.5 Å². The van der Waals surface area contributed by atoms with Gasteiger partial charge in [-0.05, 0) is 46.9 Å². The van der Waals surface area contributed by atoms with Crippen molar-refractivity contribution < 1.29 is 19.7 Å². The summed E-state index contributed by atoms with van der Waals surface area (Å²) in [5.41, 5.74) is 0.979. The van der Waals surface area contributed by atoms with E-state index in [1.165, 1.54) is 21.6 Å². The van der Waals surface area contributed by atoms with Crippen LogP contribution in [0.25, 0.3) is 6.08 Å². The minimum absolute atomic E-state index is 0.00617. The van der Waals surface area contributed by atoms with Gasteiger partial charge in [0.15, 0.2) is 6.23 Å². The fraction of sp³-hybridized carbons (Fsp3) is 0.278. The van der Waals surface area contributed by atoms with Crippen LogP contribution in [0, 0.1) is 9.39 Å². The van der Waals surface area contributed by atoms with E-state index in [1.54, 1.807) is 31.5 Å². The summed E-state index contributed by atoms with van der Waals surface area (Å²) in [7, 11) is 1.58. The minimum Gasteiger partial charge on any atom is -0.394 e. The molecule has 0 saturated carbocycles. The maximum Gasteiger partial charge on any atom is 0.252 e. The van der Waals surface area contributed by atoms with Crippen LogP contribution in [0.4, 0.5) is 15.8 Å². The number of benzene rings is 1. The highest BCUT2D eigenvalue weighted by molar-refractivity contribution is 14.1. The summed E-state index contributed by atoms with van der Waals surface area (Å²) in [6.45, 7) is -0.454. The number of β-amino-alcohol motifs (C(OH)–C–C–N with tert-alkyl or cyclic N) is 1. The van der Waals surface area contributed by atoms with Crippen LogP contribution in [0.1, 0.15) is 17.5 Å². The Morgan fingerprint density at radius 1 is 1.33 bits per heavy atom. The Hall–Kier alpha value is -1.95. The van der Waals surface area contributed by atoms with Crippen molar-refractivity contribution in [2.75, 3.05) is 18.5 Å². The molecule has 0 amide bonds. The topological polar surface area (TPSA) is 98.0 Å². The number of hydrogen-bond donors (Lipinski definition) is 4. The van der Waals surface area contributed by atoms with Gasteiger partial charge in [-0.25, -0.2) is 4.39 Å². The lowest BCUT2D eigenvalue weighted by Crippen LogP contribution is -2.37. The molecule has 1 aliphatic rings. The van der Waals surface area contributed by atoms with Gasteiger partial charge in [-0.1, -0.05) is 0 Å². The molecule has 0 fully saturated rings. The molecule has 2 aromatic rings. The first-order chi connectivity index (χ1) is 12.8. The highest BCUT2D eigenvalue weighted by Gasteiger charge is 2.28. The predicted octanol–water partition coefficient (Wildman–Crippen LogP) is 1.50. The van der Waals surface area contributed by atoms with Crippen LogP contribution in [0.15, 0.2) is 35.3 Å². The molecule has 3 rings (SSSR count). The molecule has 4 N–H and O–H groups in total. The smallest absolute Gasteiger partial charge is 0.252 e. The van der Waals surface area contributed by atoms with Gasteiger partial charge in [-0.15, -0.1) is 0 Å². The second kappa shape index (κ2) is 7.97. The van der Waals surface area contributed by atoms with Gasteiger partial charge in [0.2, 0.25) is 0 Å². The number of aliphatic hydroxyl groups excluding tert-OH is 3. The summed E-state index contributed by atoms with van der Waals surface area (Å²) < 4.78 is 16.4. The first-order valence-electron chi connectivity index (χ1n) is 8.18. The lowest BCUT2D eigenvalue weighted by atomic mass is 10.0. The first-order valence-corrected chi connectivity index (χ1v) is 9.26. The number of pyridine rings is 1. The molecule has 2 heterocycles. The number of aromatic nitrogens is 1. The molecule has 1 aromatic heterocycles. The number of anilines is 2. The molecule has 9 heteroatoms. The zero-order valence-corrected chi connectivity index (χ0v) is 16.6. The Balaban J connectivity index is 2.05. The molecule has 0 aliphatic carbocycles. The van der Waals surface area contributed by atoms with Crippen molar-refractivity contribution in [2.45, 2.75) is 12.3 Å². The molecular formula is C18H19FIN3O4. The fourth-order valence-electron chi connectivity index (χ4n) is 2.92. The SMILES string of the molecule is Cn1c2c(c(Nc3ccc(I)cc3F)cc1=O)C(O)N(CC(O)CO)C=C2. The molecule has 0 radical (unpaired) electrons. The predicted molar refractivity (Wildman–Crippen MR) is 108 cm³/mol. The largest absolute Gasteiger partial charge is 0.394 e. The molecular weight excluding hydrogens is 468 g/mol. The molecule has 0 bridgehead atoms. The molecule has 2 unspecified atom stereocenters. The normalized spacial score (nSPS) is 17.0. The second-order valence-electron chi connectivity index (χ2n) is 6.23. The maximum atomic E-state index is 14.2. The Morgan fingerprint density at radius 2 is 2.07 bits per heavy atom. The van der Waals surface area contributed by atoms with Crippen LogP contribution in [0.5, 0.6) is 0 Å². The number of aliphatic hydroxyl groups is 3. The molecule has 27 heavy (non-hydrogen) atoms. The summed E-state index contributed by atoms with van der Waals surface area (Å²) >= 11 is 2.00. The molecule has 1 aliphatic heterocycles. The zero-order chi connectivity index (χ0) is 19.7. The van der Waals surface area contributed by atoms with Crippen molar-refractivity contribution in [1.29, 1.82) is 0 Å². The Kier molecular flexibility index (Phi) is 5.84. The zero-order valence-electron chi connectivity index (χ0n) is 14.4. The Bertz CT molecular complexity index is 947. The summed E-state index contributed by atoms with van der Waals surface area (Å²) in [4.78, 5) is 13.7. The number of hydrogen-bond acceptors (Lipinski definition) is 6. The van der Waals surface area contributed by atoms with Gasteiger partial charge < -0.3 is 30.1 Å². The average Bonchev–Trinajstić information content (AvgIpc) is 2.63. The number of halogens is 2. The lowest BCUT2D eigenvalue weighted by Gasteiger charge is -2.34. The third-order valence-corrected chi connectivity index (χ3v) is 5.03. The third-order valence-electron chi connectivity index (χ3n) is 4.35. The van der Waals surface area contributed by atoms with E-state index in [2.05, 4.69) is 5.32 Å². The van der Waals surface area contributed by atoms with E-state index in [0.29, 0.717) is 11.3 Å². The molecule has 0 spiro atoms. The van der Waals surface area contributed by atoms with Gasteiger partial charge in [0, 0.05) is 35.0 Å². The van der Waals surface area contributed by atoms with Crippen LogP contribution in [0.3, 0.4) is 0 Å². The monoisotopic (exact) mass is 487 g/mol. The van der Waals surface area contributed by atoms with E-state index < -0.39 is 24.8 Å². The van der Waals surface area contributed by atoms with Crippen LogP contribution < -0.4 is 10.9 Å². The van der Waals surface area contributed by atoms with Crippen LogP contribution in [-0.4, -0.2) is 44.0 Å². The second-order valence-corrected chi connectivity index (χ2v) is 7.47. The van der Waals surface area contributed by atoms with Gasteiger partial charge >= 0.3 is 0 Å². The summed E-state index contributed by atoms with van der Waals surface area (Å²) in [5, 5.41) is 32.4. The standard InChI is InChI=1S/C18H19FIN3O4/c1-22-15-4-5-23(8-11(25)9-24)18(27)17(15)14(7-16(22)26)21-13-3-2-10(20)6-12(13)19/h2-7,11,18,21,24-25,27H,8-9H2,1H3. The lowest BCUT2D eigenvalue weighted by molar-refractivity contribution is -0.00794. The number of nitrogens with zero attached hydrogens (tertiary/aromatic N) is 2. The molecule has 0 saturated heterocycles. The van der Waals surface area contributed by atoms with E-state index in [1.807, 2.05) is 22.6 Å². The maximum absolute atomic E-state index is 14.2. The molecule has 1 aromatic carbocycles. The van der Waals surface area contributed by atoms with Crippen molar-refractivity contribution in [3.05, 3.63) is 61.5 Å². The summed E-state index contributed by atoms with van der Waals surface area (Å²) in [5.74, 6) is -0.482. The minimum atomic E-state index is -1.19. The first kappa shape index (κ1) is 19.8. The number of rotatable bonds is 5. The van der Waals surface area contributed by atoms with Gasteiger partial charge in [0.1, 0.15) is 5.82 Å². The fourth-order valence-corrected chi connectivity index (χ4v) is 3.38. The van der Waals surface area contributed by atoms with Gasteiger partial charge in [-0.3, -0.25) is 4.79 Å². The van der Waals surface area contributed by atoms with Gasteiger partial charge in [0.05, 0.1) is 29.8 Å². The van der Waals surface area contributed by atoms with Crippen molar-refractivity contribution in [2.24, 2.45) is 7.05 Å². The number of fused-ring (bicyclic) bond motifs is 1. The van der Waals surface area contributed by atoms with Gasteiger partial charge in [-0.2, -0.15) is 0 Å². The Morgan fingerprint density at radius 3 is 2.74 bits per heavy atom. The summed E-state index contributed by atoms with van der Waals surface area (Å²) in [6.07, 6.45) is 0.944. The van der Waals surface area contributed by atoms with E-state index in [9.17, 15) is 19.4 Å². The highest BCUT2D eigenvalue weighted by atomic mass is 127. The number of nitrogens with one attached hydrogen (secondary N) is 1. The van der Waals surface area contributed by atoms with Crippen molar-refractivity contribution in [3.8, 4) is 0 Å². The highest BCUT2D eigenvalue weighted by Crippen LogP contribution is 2.35. The van der Waals surface area contributed by atoms with Crippen molar-refractivity contribution >= 4 is 40.0 Å². The van der Waals surface area contributed by atoms with E-state index in [4.69, 9.17) is 5.11 Å². The van der Waals surface area contributed by atoms with E-state index >= 15 is 0 Å². The average molecular weight is 487 g/mol. The molecule has 2 atom stereocenters. The van der Waals surface area contributed by atoms with E-state index in [0.717, 1.165) is 3.57 Å². The van der Waals surface area contributed by atoms with Crippen LogP contribution in [-0.2, 0) is 7.05 Å². The van der Waals surface area contributed by atoms with Crippen LogP contribution >= 0.6 is 22.6 Å². The molecule has 7 nitrogen and oxygen atoms in total. The Labute approximate surface area is 168 Å². The van der Waals surface area contributed by atoms with Crippen molar-refractivity contribution in [3.63, 3.8) is 0 Å². The van der Waals surface area contributed by atoms with Crippen LogP contribution in [0.2, 0.25) is 0 Å². The van der Waals surface area contributed by atoms with Gasteiger partial charge in [0.25, 0.3) is 5.56 Å².